The Labute approximate surface area is 103 Å². The van der Waals surface area contributed by atoms with Crippen LogP contribution in [0, 0.1) is 0 Å². The Balaban J connectivity index is 4.64. The van der Waals surface area contributed by atoms with Gasteiger partial charge in [0.1, 0.15) is 0 Å². The summed E-state index contributed by atoms with van der Waals surface area (Å²) in [5.74, 6) is 0. The van der Waals surface area contributed by atoms with Crippen LogP contribution in [-0.2, 0) is 8.85 Å². The fourth-order valence-corrected chi connectivity index (χ4v) is 5.77. The van der Waals surface area contributed by atoms with Gasteiger partial charge in [-0.2, -0.15) is 0 Å². The Morgan fingerprint density at radius 2 is 1.73 bits per heavy atom. The maximum atomic E-state index is 6.03. The quantitative estimate of drug-likeness (QED) is 0.384. The molecule has 0 N–H and O–H groups in total. The van der Waals surface area contributed by atoms with Crippen molar-refractivity contribution in [3.63, 3.8) is 0 Å². The van der Waals surface area contributed by atoms with E-state index in [1.807, 2.05) is 0 Å². The zero-order valence-electron chi connectivity index (χ0n) is 10.3. The predicted octanol–water partition coefficient (Wildman–Crippen LogP) is 3.86. The summed E-state index contributed by atoms with van der Waals surface area (Å²) >= 11 is 3.39. The van der Waals surface area contributed by atoms with Crippen LogP contribution in [0.1, 0.15) is 27.7 Å². The van der Waals surface area contributed by atoms with E-state index < -0.39 is 8.56 Å². The highest BCUT2D eigenvalue weighted by atomic mass is 79.9. The van der Waals surface area contributed by atoms with E-state index in [0.29, 0.717) is 17.7 Å². The first kappa shape index (κ1) is 15.4. The van der Waals surface area contributed by atoms with E-state index in [1.54, 1.807) is 6.08 Å². The van der Waals surface area contributed by atoms with Crippen LogP contribution in [0.5, 0.6) is 0 Å². The molecule has 0 amide bonds. The number of halogens is 1. The molecule has 0 aromatic rings. The summed E-state index contributed by atoms with van der Waals surface area (Å²) in [6.07, 6.45) is 1.80. The molecular formula is C11H23BrO2Si. The molecule has 15 heavy (non-hydrogen) atoms. The Morgan fingerprint density at radius 3 is 2.07 bits per heavy atom. The zero-order valence-corrected chi connectivity index (χ0v) is 12.8. The Kier molecular flexibility index (Phi) is 7.78. The Hall–Kier alpha value is 0.357. The molecule has 0 rings (SSSR count). The fraction of sp³-hybridized carbons (Fsp3) is 0.818. The molecule has 0 aliphatic carbocycles. The van der Waals surface area contributed by atoms with E-state index in [0.717, 1.165) is 11.9 Å². The predicted molar refractivity (Wildman–Crippen MR) is 71.8 cm³/mol. The van der Waals surface area contributed by atoms with Crippen molar-refractivity contribution in [2.75, 3.05) is 18.5 Å². The average molecular weight is 295 g/mol. The summed E-state index contributed by atoms with van der Waals surface area (Å²) < 4.78 is 12.0. The van der Waals surface area contributed by atoms with Gasteiger partial charge < -0.3 is 8.85 Å². The van der Waals surface area contributed by atoms with Gasteiger partial charge in [0.25, 0.3) is 0 Å². The number of alkyl halides is 1. The molecule has 0 fully saturated rings. The molecule has 4 heteroatoms. The first-order chi connectivity index (χ1) is 7.01. The van der Waals surface area contributed by atoms with Crippen LogP contribution >= 0.6 is 15.9 Å². The molecule has 0 heterocycles. The second-order valence-corrected chi connectivity index (χ2v) is 9.29. The molecule has 0 aliphatic heterocycles. The van der Waals surface area contributed by atoms with Crippen LogP contribution in [0.2, 0.25) is 11.1 Å². The van der Waals surface area contributed by atoms with Gasteiger partial charge >= 0.3 is 8.56 Å². The van der Waals surface area contributed by atoms with E-state index >= 15 is 0 Å². The monoisotopic (exact) mass is 294 g/mol. The third-order valence-corrected chi connectivity index (χ3v) is 7.26. The Bertz CT molecular complexity index is 175. The normalized spacial score (nSPS) is 12.5. The molecule has 0 bridgehead atoms. The second kappa shape index (κ2) is 7.60. The van der Waals surface area contributed by atoms with Crippen molar-refractivity contribution in [2.45, 2.75) is 38.8 Å². The van der Waals surface area contributed by atoms with Gasteiger partial charge in [0.2, 0.25) is 0 Å². The third-order valence-electron chi connectivity index (χ3n) is 2.44. The van der Waals surface area contributed by atoms with Crippen molar-refractivity contribution >= 4 is 24.5 Å². The summed E-state index contributed by atoms with van der Waals surface area (Å²) in [7, 11) is -2.09. The maximum absolute atomic E-state index is 6.03. The van der Waals surface area contributed by atoms with Gasteiger partial charge in [0.05, 0.1) is 6.61 Å². The van der Waals surface area contributed by atoms with E-state index in [1.165, 1.54) is 0 Å². The van der Waals surface area contributed by atoms with Crippen molar-refractivity contribution in [1.82, 2.24) is 0 Å². The summed E-state index contributed by atoms with van der Waals surface area (Å²) in [6, 6.07) is 0. The van der Waals surface area contributed by atoms with Crippen molar-refractivity contribution in [2.24, 2.45) is 0 Å². The lowest BCUT2D eigenvalue weighted by Gasteiger charge is -2.37. The molecule has 0 spiro atoms. The minimum atomic E-state index is -2.09. The van der Waals surface area contributed by atoms with E-state index in [4.69, 9.17) is 8.85 Å². The first-order valence-corrected chi connectivity index (χ1v) is 8.55. The average Bonchev–Trinajstić information content (AvgIpc) is 2.17. The summed E-state index contributed by atoms with van der Waals surface area (Å²) in [6.45, 7) is 13.7. The van der Waals surface area contributed by atoms with Crippen molar-refractivity contribution in [3.8, 4) is 0 Å². The van der Waals surface area contributed by atoms with Gasteiger partial charge in [-0.25, -0.2) is 0 Å². The zero-order chi connectivity index (χ0) is 11.9. The van der Waals surface area contributed by atoms with Gasteiger partial charge in [-0.3, -0.25) is 0 Å². The third kappa shape index (κ3) is 4.39. The first-order valence-electron chi connectivity index (χ1n) is 5.46. The molecule has 0 aromatic carbocycles. The fourth-order valence-electron chi connectivity index (χ4n) is 1.76. The molecule has 90 valence electrons. The lowest BCUT2D eigenvalue weighted by Crippen LogP contribution is -2.48. The molecule has 0 radical (unpaired) electrons. The van der Waals surface area contributed by atoms with Gasteiger partial charge in [0, 0.05) is 11.9 Å². The van der Waals surface area contributed by atoms with Crippen molar-refractivity contribution in [3.05, 3.63) is 12.7 Å². The number of rotatable bonds is 8. The summed E-state index contributed by atoms with van der Waals surface area (Å²) in [4.78, 5) is 0. The highest BCUT2D eigenvalue weighted by molar-refractivity contribution is 9.09. The highest BCUT2D eigenvalue weighted by Crippen LogP contribution is 2.34. The highest BCUT2D eigenvalue weighted by Gasteiger charge is 2.44. The molecule has 0 atom stereocenters. The van der Waals surface area contributed by atoms with Gasteiger partial charge in [0.15, 0.2) is 0 Å². The largest absolute Gasteiger partial charge is 0.393 e. The lowest BCUT2D eigenvalue weighted by molar-refractivity contribution is 0.177. The van der Waals surface area contributed by atoms with Crippen LogP contribution < -0.4 is 0 Å². The second-order valence-electron chi connectivity index (χ2n) is 4.17. The smallest absolute Gasteiger partial charge is 0.343 e. The molecule has 2 nitrogen and oxygen atoms in total. The summed E-state index contributed by atoms with van der Waals surface area (Å²) in [5.41, 5.74) is 0.910. The van der Waals surface area contributed by atoms with Crippen molar-refractivity contribution < 1.29 is 8.85 Å². The van der Waals surface area contributed by atoms with Crippen molar-refractivity contribution in [1.29, 1.82) is 0 Å². The van der Waals surface area contributed by atoms with Crippen LogP contribution in [0.15, 0.2) is 12.7 Å². The van der Waals surface area contributed by atoms with Gasteiger partial charge in [-0.05, 0) is 11.1 Å². The van der Waals surface area contributed by atoms with Crippen LogP contribution in [-0.4, -0.2) is 27.1 Å². The molecule has 0 unspecified atom stereocenters. The molecule has 0 saturated heterocycles. The maximum Gasteiger partial charge on any atom is 0.343 e. The van der Waals surface area contributed by atoms with E-state index in [9.17, 15) is 0 Å². The topological polar surface area (TPSA) is 18.5 Å². The minimum Gasteiger partial charge on any atom is -0.393 e. The minimum absolute atomic E-state index is 0.455. The van der Waals surface area contributed by atoms with Crippen LogP contribution in [0.25, 0.3) is 0 Å². The van der Waals surface area contributed by atoms with Crippen LogP contribution in [0.4, 0.5) is 0 Å². The standard InChI is InChI=1S/C11H23BrO2Si/c1-6-8-13-15(10(2)3,11(4)5)14-9-7-12/h6,10-11H,1,7-9H2,2-5H3. The Morgan fingerprint density at radius 1 is 1.20 bits per heavy atom. The van der Waals surface area contributed by atoms with Crippen LogP contribution in [0.3, 0.4) is 0 Å². The summed E-state index contributed by atoms with van der Waals surface area (Å²) in [5, 5.41) is 0.860. The molecule has 0 aromatic heterocycles. The molecular weight excluding hydrogens is 272 g/mol. The molecule has 0 aliphatic rings. The SMILES string of the molecule is C=CCO[Si](OCCBr)(C(C)C)C(C)C. The van der Waals surface area contributed by atoms with E-state index in [-0.39, 0.29) is 0 Å². The van der Waals surface area contributed by atoms with Gasteiger partial charge in [-0.1, -0.05) is 49.7 Å². The van der Waals surface area contributed by atoms with Gasteiger partial charge in [-0.15, -0.1) is 6.58 Å². The number of hydrogen-bond donors (Lipinski definition) is 0. The lowest BCUT2D eigenvalue weighted by atomic mass is 10.5. The number of hydrogen-bond acceptors (Lipinski definition) is 2. The van der Waals surface area contributed by atoms with E-state index in [2.05, 4.69) is 50.2 Å². The molecule has 0 saturated carbocycles.